The molecular weight excluding hydrogens is 260 g/mol. The van der Waals surface area contributed by atoms with Crippen molar-refractivity contribution >= 4 is 11.5 Å². The zero-order valence-electron chi connectivity index (χ0n) is 12.8. The molecular formula is C17H22N4. The van der Waals surface area contributed by atoms with Crippen LogP contribution in [0.3, 0.4) is 0 Å². The van der Waals surface area contributed by atoms with Crippen LogP contribution in [0.4, 0.5) is 11.5 Å². The van der Waals surface area contributed by atoms with Gasteiger partial charge in [0.05, 0.1) is 11.4 Å². The van der Waals surface area contributed by atoms with Crippen LogP contribution >= 0.6 is 0 Å². The second kappa shape index (κ2) is 6.12. The minimum atomic E-state index is 0.981. The summed E-state index contributed by atoms with van der Waals surface area (Å²) in [6.45, 7) is 7.37. The summed E-state index contributed by atoms with van der Waals surface area (Å²) in [6, 6.07) is 6.41. The number of fused-ring (bicyclic) bond motifs is 1. The number of pyridine rings is 2. The Morgan fingerprint density at radius 1 is 1.24 bits per heavy atom. The molecule has 0 unspecified atom stereocenters. The summed E-state index contributed by atoms with van der Waals surface area (Å²) in [4.78, 5) is 11.5. The number of nitrogens with zero attached hydrogens (tertiary/aromatic N) is 3. The van der Waals surface area contributed by atoms with Gasteiger partial charge in [0.15, 0.2) is 0 Å². The molecule has 0 bridgehead atoms. The molecule has 21 heavy (non-hydrogen) atoms. The highest BCUT2D eigenvalue weighted by Gasteiger charge is 2.15. The molecule has 3 heterocycles. The van der Waals surface area contributed by atoms with Crippen molar-refractivity contribution in [3.05, 3.63) is 36.2 Å². The van der Waals surface area contributed by atoms with Crippen molar-refractivity contribution in [1.82, 2.24) is 9.97 Å². The summed E-state index contributed by atoms with van der Waals surface area (Å²) < 4.78 is 0. The lowest BCUT2D eigenvalue weighted by Gasteiger charge is -2.28. The van der Waals surface area contributed by atoms with Crippen molar-refractivity contribution in [1.29, 1.82) is 0 Å². The highest BCUT2D eigenvalue weighted by atomic mass is 15.2. The lowest BCUT2D eigenvalue weighted by atomic mass is 10.1. The van der Waals surface area contributed by atoms with Gasteiger partial charge in [-0.1, -0.05) is 0 Å². The standard InChI is InChI=1S/C17H22N4/c1-3-21-9-5-4-8-19-17-16(21)7-6-15(20-17)14-10-13(2)11-18-12-14/h6-7,10-12H,3-5,8-9H2,1-2H3,(H,19,20). The molecule has 3 rings (SSSR count). The van der Waals surface area contributed by atoms with Gasteiger partial charge in [-0.05, 0) is 50.5 Å². The van der Waals surface area contributed by atoms with E-state index in [1.807, 2.05) is 12.4 Å². The molecule has 0 radical (unpaired) electrons. The average Bonchev–Trinajstić information content (AvgIpc) is 2.48. The molecule has 1 aliphatic heterocycles. The number of anilines is 2. The van der Waals surface area contributed by atoms with Gasteiger partial charge in [0, 0.05) is 37.6 Å². The predicted octanol–water partition coefficient (Wildman–Crippen LogP) is 3.48. The van der Waals surface area contributed by atoms with E-state index < -0.39 is 0 Å². The molecule has 1 N–H and O–H groups in total. The van der Waals surface area contributed by atoms with Crippen LogP contribution in [0.25, 0.3) is 11.3 Å². The van der Waals surface area contributed by atoms with Gasteiger partial charge in [-0.15, -0.1) is 0 Å². The van der Waals surface area contributed by atoms with Crippen molar-refractivity contribution in [2.24, 2.45) is 0 Å². The minimum absolute atomic E-state index is 0.981. The third-order valence-corrected chi connectivity index (χ3v) is 3.91. The van der Waals surface area contributed by atoms with Gasteiger partial charge < -0.3 is 10.2 Å². The highest BCUT2D eigenvalue weighted by molar-refractivity contribution is 5.72. The molecule has 0 saturated carbocycles. The van der Waals surface area contributed by atoms with E-state index in [1.165, 1.54) is 18.5 Å². The minimum Gasteiger partial charge on any atom is -0.369 e. The van der Waals surface area contributed by atoms with E-state index >= 15 is 0 Å². The molecule has 0 spiro atoms. The van der Waals surface area contributed by atoms with E-state index in [2.05, 4.69) is 47.2 Å². The quantitative estimate of drug-likeness (QED) is 0.915. The number of hydrogen-bond donors (Lipinski definition) is 1. The lowest BCUT2D eigenvalue weighted by molar-refractivity contribution is 0.701. The van der Waals surface area contributed by atoms with Crippen molar-refractivity contribution in [3.8, 4) is 11.3 Å². The highest BCUT2D eigenvalue weighted by Crippen LogP contribution is 2.29. The Hall–Kier alpha value is -2.10. The Morgan fingerprint density at radius 2 is 2.14 bits per heavy atom. The average molecular weight is 282 g/mol. The summed E-state index contributed by atoms with van der Waals surface area (Å²) in [6.07, 6.45) is 6.16. The maximum absolute atomic E-state index is 4.83. The van der Waals surface area contributed by atoms with Crippen LogP contribution in [-0.4, -0.2) is 29.6 Å². The second-order valence-corrected chi connectivity index (χ2v) is 5.53. The van der Waals surface area contributed by atoms with E-state index in [9.17, 15) is 0 Å². The van der Waals surface area contributed by atoms with E-state index in [1.54, 1.807) is 0 Å². The number of hydrogen-bond acceptors (Lipinski definition) is 4. The van der Waals surface area contributed by atoms with Gasteiger partial charge in [-0.3, -0.25) is 4.98 Å². The monoisotopic (exact) mass is 282 g/mol. The predicted molar refractivity (Wildman–Crippen MR) is 87.8 cm³/mol. The summed E-state index contributed by atoms with van der Waals surface area (Å²) in [5, 5.41) is 3.48. The normalized spacial score (nSPS) is 14.9. The van der Waals surface area contributed by atoms with Crippen LogP contribution in [0.15, 0.2) is 30.6 Å². The lowest BCUT2D eigenvalue weighted by Crippen LogP contribution is -2.27. The maximum Gasteiger partial charge on any atom is 0.150 e. The Morgan fingerprint density at radius 3 is 2.95 bits per heavy atom. The molecule has 0 saturated heterocycles. The van der Waals surface area contributed by atoms with Gasteiger partial charge in [-0.25, -0.2) is 4.98 Å². The van der Waals surface area contributed by atoms with Crippen molar-refractivity contribution in [3.63, 3.8) is 0 Å². The number of aryl methyl sites for hydroxylation is 1. The first-order chi connectivity index (χ1) is 10.3. The van der Waals surface area contributed by atoms with Gasteiger partial charge in [0.2, 0.25) is 0 Å². The maximum atomic E-state index is 4.83. The molecule has 4 nitrogen and oxygen atoms in total. The molecule has 2 aromatic rings. The summed E-state index contributed by atoms with van der Waals surface area (Å²) in [5.74, 6) is 0.996. The molecule has 0 aliphatic carbocycles. The van der Waals surface area contributed by atoms with Crippen molar-refractivity contribution < 1.29 is 0 Å². The largest absolute Gasteiger partial charge is 0.369 e. The third kappa shape index (κ3) is 2.99. The van der Waals surface area contributed by atoms with Gasteiger partial charge in [0.25, 0.3) is 0 Å². The van der Waals surface area contributed by atoms with Crippen LogP contribution in [0.5, 0.6) is 0 Å². The molecule has 0 aromatic carbocycles. The van der Waals surface area contributed by atoms with Crippen LogP contribution < -0.4 is 10.2 Å². The van der Waals surface area contributed by atoms with Crippen LogP contribution in [0, 0.1) is 6.92 Å². The zero-order valence-corrected chi connectivity index (χ0v) is 12.8. The Kier molecular flexibility index (Phi) is 4.04. The second-order valence-electron chi connectivity index (χ2n) is 5.53. The van der Waals surface area contributed by atoms with Crippen LogP contribution in [-0.2, 0) is 0 Å². The van der Waals surface area contributed by atoms with Crippen molar-refractivity contribution in [2.75, 3.05) is 29.9 Å². The van der Waals surface area contributed by atoms with Gasteiger partial charge in [0.1, 0.15) is 5.82 Å². The molecule has 0 atom stereocenters. The fraction of sp³-hybridized carbons (Fsp3) is 0.412. The third-order valence-electron chi connectivity index (χ3n) is 3.91. The number of aromatic nitrogens is 2. The van der Waals surface area contributed by atoms with Gasteiger partial charge >= 0.3 is 0 Å². The molecule has 110 valence electrons. The SMILES string of the molecule is CCN1CCCCNc2nc(-c3cncc(C)c3)ccc21. The number of nitrogens with one attached hydrogen (secondary N) is 1. The fourth-order valence-corrected chi connectivity index (χ4v) is 2.78. The van der Waals surface area contributed by atoms with E-state index in [0.29, 0.717) is 0 Å². The summed E-state index contributed by atoms with van der Waals surface area (Å²) in [5.41, 5.74) is 4.42. The zero-order chi connectivity index (χ0) is 14.7. The van der Waals surface area contributed by atoms with Gasteiger partial charge in [-0.2, -0.15) is 0 Å². The van der Waals surface area contributed by atoms with E-state index in [4.69, 9.17) is 4.98 Å². The first-order valence-corrected chi connectivity index (χ1v) is 7.70. The van der Waals surface area contributed by atoms with E-state index in [-0.39, 0.29) is 0 Å². The van der Waals surface area contributed by atoms with Crippen LogP contribution in [0.2, 0.25) is 0 Å². The summed E-state index contributed by atoms with van der Waals surface area (Å²) >= 11 is 0. The Balaban J connectivity index is 2.01. The Bertz CT molecular complexity index is 624. The molecule has 4 heteroatoms. The van der Waals surface area contributed by atoms with Crippen LogP contribution in [0.1, 0.15) is 25.3 Å². The molecule has 0 fully saturated rings. The molecule has 2 aromatic heterocycles. The topological polar surface area (TPSA) is 41.0 Å². The smallest absolute Gasteiger partial charge is 0.150 e. The first-order valence-electron chi connectivity index (χ1n) is 7.70. The fourth-order valence-electron chi connectivity index (χ4n) is 2.78. The molecule has 0 amide bonds. The van der Waals surface area contributed by atoms with E-state index in [0.717, 1.165) is 42.3 Å². The molecule has 1 aliphatic rings. The number of rotatable bonds is 2. The van der Waals surface area contributed by atoms with Crippen molar-refractivity contribution in [2.45, 2.75) is 26.7 Å². The summed E-state index contributed by atoms with van der Waals surface area (Å²) in [7, 11) is 0. The first kappa shape index (κ1) is 13.9. The Labute approximate surface area is 126 Å².